The van der Waals surface area contributed by atoms with E-state index in [0.29, 0.717) is 22.7 Å². The highest BCUT2D eigenvalue weighted by molar-refractivity contribution is 7.89. The van der Waals surface area contributed by atoms with Crippen LogP contribution in [0, 0.1) is 6.92 Å². The molecule has 1 amide bonds. The van der Waals surface area contributed by atoms with Gasteiger partial charge in [-0.25, -0.2) is 13.6 Å². The minimum absolute atomic E-state index is 0.000326. The molecular weight excluding hydrogens is 320 g/mol. The van der Waals surface area contributed by atoms with Gasteiger partial charge in [-0.15, -0.1) is 11.3 Å². The Morgan fingerprint density at radius 2 is 2.15 bits per heavy atom. The molecule has 2 atom stereocenters. The number of hydrogen-bond acceptors (Lipinski definition) is 5. The standard InChI is InChI=1S/C11H18N2O4S3/c1-7(19(3)15)4-5-13-11(14)9-6-10(8(2)18-9)20(12,16)17/h6-7H,4-5H2,1-3H3,(H,13,14)(H2,12,16,17). The molecule has 1 aromatic heterocycles. The van der Waals surface area contributed by atoms with Crippen molar-refractivity contribution >= 4 is 38.1 Å². The Morgan fingerprint density at radius 3 is 2.60 bits per heavy atom. The average molecular weight is 338 g/mol. The zero-order valence-corrected chi connectivity index (χ0v) is 14.0. The summed E-state index contributed by atoms with van der Waals surface area (Å²) < 4.78 is 33.7. The van der Waals surface area contributed by atoms with Crippen LogP contribution in [0.1, 0.15) is 27.9 Å². The number of amides is 1. The minimum Gasteiger partial charge on any atom is -0.351 e. The number of carbonyl (C=O) groups excluding carboxylic acids is 1. The third kappa shape index (κ3) is 4.65. The molecule has 9 heteroatoms. The first-order valence-corrected chi connectivity index (χ1v) is 9.85. The van der Waals surface area contributed by atoms with Crippen molar-refractivity contribution < 1.29 is 17.4 Å². The summed E-state index contributed by atoms with van der Waals surface area (Å²) in [5.74, 6) is -0.345. The summed E-state index contributed by atoms with van der Waals surface area (Å²) in [5, 5.41) is 7.74. The fourth-order valence-corrected chi connectivity index (χ4v) is 4.01. The summed E-state index contributed by atoms with van der Waals surface area (Å²) in [6.07, 6.45) is 2.22. The van der Waals surface area contributed by atoms with Crippen molar-refractivity contribution in [1.82, 2.24) is 5.32 Å². The number of primary sulfonamides is 1. The lowest BCUT2D eigenvalue weighted by Crippen LogP contribution is -2.26. The van der Waals surface area contributed by atoms with E-state index in [9.17, 15) is 17.4 Å². The van der Waals surface area contributed by atoms with Gasteiger partial charge in [-0.3, -0.25) is 9.00 Å². The lowest BCUT2D eigenvalue weighted by Gasteiger charge is -2.08. The third-order valence-electron chi connectivity index (χ3n) is 2.81. The Kier molecular flexibility index (Phi) is 5.87. The summed E-state index contributed by atoms with van der Waals surface area (Å²) in [5.41, 5.74) is 0. The fraction of sp³-hybridized carbons (Fsp3) is 0.545. The molecule has 1 rings (SSSR count). The Balaban J connectivity index is 2.68. The summed E-state index contributed by atoms with van der Waals surface area (Å²) >= 11 is 1.08. The van der Waals surface area contributed by atoms with E-state index in [1.54, 1.807) is 13.2 Å². The van der Waals surface area contributed by atoms with Crippen LogP contribution in [0.2, 0.25) is 0 Å². The van der Waals surface area contributed by atoms with E-state index in [1.165, 1.54) is 6.07 Å². The van der Waals surface area contributed by atoms with Crippen molar-refractivity contribution in [2.75, 3.05) is 12.8 Å². The first-order chi connectivity index (χ1) is 9.12. The van der Waals surface area contributed by atoms with Crippen molar-refractivity contribution in [2.45, 2.75) is 30.4 Å². The van der Waals surface area contributed by atoms with Gasteiger partial charge in [0.2, 0.25) is 10.0 Å². The lowest BCUT2D eigenvalue weighted by molar-refractivity contribution is 0.0957. The van der Waals surface area contributed by atoms with Gasteiger partial charge in [0, 0.05) is 33.7 Å². The Bertz CT molecular complexity index is 622. The maximum Gasteiger partial charge on any atom is 0.261 e. The molecule has 1 heterocycles. The van der Waals surface area contributed by atoms with Gasteiger partial charge in [0.1, 0.15) is 0 Å². The van der Waals surface area contributed by atoms with Crippen LogP contribution >= 0.6 is 11.3 Å². The van der Waals surface area contributed by atoms with E-state index in [2.05, 4.69) is 5.32 Å². The minimum atomic E-state index is -3.80. The maximum atomic E-state index is 11.9. The number of carbonyl (C=O) groups is 1. The molecule has 0 aromatic carbocycles. The summed E-state index contributed by atoms with van der Waals surface area (Å²) in [7, 11) is -4.73. The van der Waals surface area contributed by atoms with Gasteiger partial charge >= 0.3 is 0 Å². The van der Waals surface area contributed by atoms with Crippen LogP contribution < -0.4 is 10.5 Å². The second-order valence-electron chi connectivity index (χ2n) is 4.43. The first-order valence-electron chi connectivity index (χ1n) is 5.86. The van der Waals surface area contributed by atoms with Gasteiger partial charge in [-0.05, 0) is 19.4 Å². The van der Waals surface area contributed by atoms with Crippen LogP contribution in [-0.4, -0.2) is 36.6 Å². The van der Waals surface area contributed by atoms with Gasteiger partial charge in [0.15, 0.2) is 0 Å². The number of nitrogens with two attached hydrogens (primary N) is 1. The molecular formula is C11H18N2O4S3. The van der Waals surface area contributed by atoms with Crippen LogP contribution in [0.5, 0.6) is 0 Å². The number of nitrogens with one attached hydrogen (secondary N) is 1. The molecule has 0 fully saturated rings. The molecule has 2 unspecified atom stereocenters. The van der Waals surface area contributed by atoms with Crippen molar-refractivity contribution in [3.05, 3.63) is 15.8 Å². The first kappa shape index (κ1) is 17.3. The summed E-state index contributed by atoms with van der Waals surface area (Å²) in [6, 6.07) is 1.28. The summed E-state index contributed by atoms with van der Waals surface area (Å²) in [6.45, 7) is 3.83. The average Bonchev–Trinajstić information content (AvgIpc) is 2.70. The van der Waals surface area contributed by atoms with Crippen molar-refractivity contribution in [3.8, 4) is 0 Å². The topological polar surface area (TPSA) is 106 Å². The second-order valence-corrected chi connectivity index (χ2v) is 9.02. The van der Waals surface area contributed by atoms with Gasteiger partial charge in [-0.1, -0.05) is 6.92 Å². The van der Waals surface area contributed by atoms with E-state index in [1.807, 2.05) is 6.92 Å². The van der Waals surface area contributed by atoms with E-state index in [0.717, 1.165) is 11.3 Å². The Hall–Kier alpha value is -0.770. The molecule has 6 nitrogen and oxygen atoms in total. The van der Waals surface area contributed by atoms with Crippen molar-refractivity contribution in [2.24, 2.45) is 5.14 Å². The Labute approximate surface area is 125 Å². The number of sulfonamides is 1. The molecule has 20 heavy (non-hydrogen) atoms. The highest BCUT2D eigenvalue weighted by Gasteiger charge is 2.19. The highest BCUT2D eigenvalue weighted by atomic mass is 32.2. The van der Waals surface area contributed by atoms with E-state index in [-0.39, 0.29) is 16.1 Å². The largest absolute Gasteiger partial charge is 0.351 e. The zero-order valence-electron chi connectivity index (χ0n) is 11.5. The summed E-state index contributed by atoms with van der Waals surface area (Å²) in [4.78, 5) is 12.6. The predicted octanol–water partition coefficient (Wildman–Crippen LogP) is 0.591. The van der Waals surface area contributed by atoms with Crippen molar-refractivity contribution in [1.29, 1.82) is 0 Å². The molecule has 0 aliphatic heterocycles. The number of hydrogen-bond donors (Lipinski definition) is 2. The molecule has 0 aliphatic carbocycles. The van der Waals surface area contributed by atoms with Crippen LogP contribution in [0.4, 0.5) is 0 Å². The Morgan fingerprint density at radius 1 is 1.55 bits per heavy atom. The monoisotopic (exact) mass is 338 g/mol. The van der Waals surface area contributed by atoms with E-state index >= 15 is 0 Å². The van der Waals surface area contributed by atoms with Crippen LogP contribution in [0.3, 0.4) is 0 Å². The SMILES string of the molecule is Cc1sc(C(=O)NCCC(C)S(C)=O)cc1S(N)(=O)=O. The molecule has 0 saturated carbocycles. The number of rotatable bonds is 6. The molecule has 114 valence electrons. The van der Waals surface area contributed by atoms with E-state index in [4.69, 9.17) is 5.14 Å². The highest BCUT2D eigenvalue weighted by Crippen LogP contribution is 2.24. The quantitative estimate of drug-likeness (QED) is 0.791. The maximum absolute atomic E-state index is 11.9. The normalized spacial score (nSPS) is 14.8. The molecule has 0 radical (unpaired) electrons. The van der Waals surface area contributed by atoms with Crippen LogP contribution in [0.15, 0.2) is 11.0 Å². The predicted molar refractivity (Wildman–Crippen MR) is 80.9 cm³/mol. The smallest absolute Gasteiger partial charge is 0.261 e. The number of aryl methyl sites for hydroxylation is 1. The van der Waals surface area contributed by atoms with Crippen LogP contribution in [0.25, 0.3) is 0 Å². The molecule has 0 saturated heterocycles. The third-order valence-corrected chi connectivity index (χ3v) is 6.39. The van der Waals surface area contributed by atoms with Gasteiger partial charge < -0.3 is 5.32 Å². The molecule has 3 N–H and O–H groups in total. The molecule has 0 spiro atoms. The van der Waals surface area contributed by atoms with E-state index < -0.39 is 20.8 Å². The molecule has 0 aliphatic rings. The molecule has 0 bridgehead atoms. The second kappa shape index (κ2) is 6.79. The van der Waals surface area contributed by atoms with Crippen LogP contribution in [-0.2, 0) is 20.8 Å². The van der Waals surface area contributed by atoms with Crippen molar-refractivity contribution in [3.63, 3.8) is 0 Å². The van der Waals surface area contributed by atoms with Gasteiger partial charge in [0.25, 0.3) is 5.91 Å². The van der Waals surface area contributed by atoms with Gasteiger partial charge in [-0.2, -0.15) is 0 Å². The number of thiophene rings is 1. The lowest BCUT2D eigenvalue weighted by atomic mass is 10.3. The fourth-order valence-electron chi connectivity index (χ4n) is 1.50. The van der Waals surface area contributed by atoms with Gasteiger partial charge in [0.05, 0.1) is 9.77 Å². The zero-order chi connectivity index (χ0) is 15.5. The molecule has 1 aromatic rings.